The third-order valence-electron chi connectivity index (χ3n) is 4.10. The number of carbonyl (C=O) groups is 1. The van der Waals surface area contributed by atoms with E-state index in [1.54, 1.807) is 0 Å². The van der Waals surface area contributed by atoms with E-state index in [1.807, 2.05) is 0 Å². The molecule has 19 heavy (non-hydrogen) atoms. The minimum absolute atomic E-state index is 0.0595. The monoisotopic (exact) mass is 260 g/mol. The first-order valence-corrected chi connectivity index (χ1v) is 7.10. The summed E-state index contributed by atoms with van der Waals surface area (Å²) in [6.45, 7) is 6.21. The molecule has 0 heterocycles. The van der Waals surface area contributed by atoms with Crippen LogP contribution in [0, 0.1) is 19.8 Å². The van der Waals surface area contributed by atoms with E-state index in [2.05, 4.69) is 44.3 Å². The fourth-order valence-corrected chi connectivity index (χ4v) is 2.89. The molecule has 0 bridgehead atoms. The summed E-state index contributed by atoms with van der Waals surface area (Å²) in [4.78, 5) is 12.2. The number of amides is 1. The van der Waals surface area contributed by atoms with Gasteiger partial charge in [0.25, 0.3) is 0 Å². The number of rotatable bonds is 3. The molecule has 3 unspecified atom stereocenters. The van der Waals surface area contributed by atoms with E-state index in [0.29, 0.717) is 0 Å². The van der Waals surface area contributed by atoms with Gasteiger partial charge in [0, 0.05) is 12.0 Å². The highest BCUT2D eigenvalue weighted by Crippen LogP contribution is 2.26. The lowest BCUT2D eigenvalue weighted by molar-refractivity contribution is -0.125. The van der Waals surface area contributed by atoms with Gasteiger partial charge in [-0.3, -0.25) is 4.79 Å². The predicted molar refractivity (Wildman–Crippen MR) is 77.8 cm³/mol. The fourth-order valence-electron chi connectivity index (χ4n) is 2.89. The molecular weight excluding hydrogens is 236 g/mol. The number of hydrogen-bond donors (Lipinski definition) is 2. The number of benzene rings is 1. The molecule has 1 aliphatic carbocycles. The van der Waals surface area contributed by atoms with E-state index in [1.165, 1.54) is 16.7 Å². The quantitative estimate of drug-likeness (QED) is 0.877. The van der Waals surface area contributed by atoms with Crippen molar-refractivity contribution in [1.82, 2.24) is 5.32 Å². The summed E-state index contributed by atoms with van der Waals surface area (Å²) in [6.07, 6.45) is 2.72. The second-order valence-electron chi connectivity index (χ2n) is 5.86. The van der Waals surface area contributed by atoms with Crippen molar-refractivity contribution in [2.45, 2.75) is 52.1 Å². The molecule has 3 heteroatoms. The van der Waals surface area contributed by atoms with Gasteiger partial charge >= 0.3 is 0 Å². The van der Waals surface area contributed by atoms with Crippen molar-refractivity contribution < 1.29 is 4.79 Å². The van der Waals surface area contributed by atoms with E-state index in [-0.39, 0.29) is 23.9 Å². The molecule has 0 aliphatic heterocycles. The molecule has 0 saturated heterocycles. The molecule has 2 rings (SSSR count). The molecule has 0 radical (unpaired) electrons. The summed E-state index contributed by atoms with van der Waals surface area (Å²) in [5.41, 5.74) is 9.52. The van der Waals surface area contributed by atoms with Gasteiger partial charge in [-0.25, -0.2) is 0 Å². The summed E-state index contributed by atoms with van der Waals surface area (Å²) < 4.78 is 0. The standard InChI is InChI=1S/C16H24N2O/c1-10-4-5-11(2)15(8-10)12(3)18-16(19)13-6-7-14(17)9-13/h4-5,8,12-14H,6-7,9,17H2,1-3H3,(H,18,19). The Bertz CT molecular complexity index is 470. The number of nitrogens with one attached hydrogen (secondary N) is 1. The molecular formula is C16H24N2O. The maximum atomic E-state index is 12.2. The van der Waals surface area contributed by atoms with Crippen LogP contribution >= 0.6 is 0 Å². The van der Waals surface area contributed by atoms with E-state index < -0.39 is 0 Å². The van der Waals surface area contributed by atoms with E-state index in [9.17, 15) is 4.79 Å². The third-order valence-corrected chi connectivity index (χ3v) is 4.10. The van der Waals surface area contributed by atoms with Crippen LogP contribution in [0.2, 0.25) is 0 Å². The predicted octanol–water partition coefficient (Wildman–Crippen LogP) is 2.61. The van der Waals surface area contributed by atoms with Crippen molar-refractivity contribution in [3.63, 3.8) is 0 Å². The van der Waals surface area contributed by atoms with Crippen molar-refractivity contribution in [1.29, 1.82) is 0 Å². The first kappa shape index (κ1) is 14.1. The molecule has 104 valence electrons. The highest BCUT2D eigenvalue weighted by Gasteiger charge is 2.28. The maximum Gasteiger partial charge on any atom is 0.223 e. The summed E-state index contributed by atoms with van der Waals surface area (Å²) in [6, 6.07) is 6.62. The van der Waals surface area contributed by atoms with E-state index in [4.69, 9.17) is 5.73 Å². The zero-order valence-electron chi connectivity index (χ0n) is 12.1. The lowest BCUT2D eigenvalue weighted by atomic mass is 9.99. The molecule has 3 N–H and O–H groups in total. The Balaban J connectivity index is 2.02. The van der Waals surface area contributed by atoms with Gasteiger partial charge in [-0.1, -0.05) is 23.8 Å². The van der Waals surface area contributed by atoms with Crippen molar-refractivity contribution >= 4 is 5.91 Å². The Morgan fingerprint density at radius 3 is 2.74 bits per heavy atom. The molecule has 0 spiro atoms. The van der Waals surface area contributed by atoms with Crippen LogP contribution in [-0.2, 0) is 4.79 Å². The van der Waals surface area contributed by atoms with E-state index >= 15 is 0 Å². The molecule has 0 aromatic heterocycles. The Hall–Kier alpha value is -1.35. The van der Waals surface area contributed by atoms with Crippen LogP contribution < -0.4 is 11.1 Å². The van der Waals surface area contributed by atoms with Gasteiger partial charge in [-0.05, 0) is 51.2 Å². The van der Waals surface area contributed by atoms with Crippen molar-refractivity contribution in [3.8, 4) is 0 Å². The minimum Gasteiger partial charge on any atom is -0.349 e. The summed E-state index contributed by atoms with van der Waals surface area (Å²) in [7, 11) is 0. The van der Waals surface area contributed by atoms with Gasteiger partial charge in [0.1, 0.15) is 0 Å². The second kappa shape index (κ2) is 5.74. The number of nitrogens with two attached hydrogens (primary N) is 1. The minimum atomic E-state index is 0.0595. The average molecular weight is 260 g/mol. The molecule has 1 amide bonds. The zero-order valence-corrected chi connectivity index (χ0v) is 12.1. The molecule has 1 aliphatic rings. The molecule has 3 atom stereocenters. The Kier molecular flexibility index (Phi) is 4.25. The van der Waals surface area contributed by atoms with Crippen LogP contribution in [-0.4, -0.2) is 11.9 Å². The lowest BCUT2D eigenvalue weighted by Gasteiger charge is -2.19. The summed E-state index contributed by atoms with van der Waals surface area (Å²) >= 11 is 0. The van der Waals surface area contributed by atoms with Crippen LogP contribution in [0.25, 0.3) is 0 Å². The third kappa shape index (κ3) is 3.35. The van der Waals surface area contributed by atoms with Gasteiger partial charge in [0.05, 0.1) is 6.04 Å². The lowest BCUT2D eigenvalue weighted by Crippen LogP contribution is -2.32. The Morgan fingerprint density at radius 2 is 2.11 bits per heavy atom. The largest absolute Gasteiger partial charge is 0.349 e. The van der Waals surface area contributed by atoms with Gasteiger partial charge in [-0.2, -0.15) is 0 Å². The smallest absolute Gasteiger partial charge is 0.223 e. The maximum absolute atomic E-state index is 12.2. The molecule has 1 aromatic carbocycles. The fraction of sp³-hybridized carbons (Fsp3) is 0.562. The van der Waals surface area contributed by atoms with Crippen molar-refractivity contribution in [2.24, 2.45) is 11.7 Å². The SMILES string of the molecule is Cc1ccc(C)c(C(C)NC(=O)C2CCC(N)C2)c1. The molecule has 1 fully saturated rings. The van der Waals surface area contributed by atoms with E-state index in [0.717, 1.165) is 19.3 Å². The summed E-state index contributed by atoms with van der Waals surface area (Å²) in [5.74, 6) is 0.254. The van der Waals surface area contributed by atoms with Gasteiger partial charge in [0.15, 0.2) is 0 Å². The Morgan fingerprint density at radius 1 is 1.37 bits per heavy atom. The molecule has 3 nitrogen and oxygen atoms in total. The highest BCUT2D eigenvalue weighted by atomic mass is 16.1. The number of aryl methyl sites for hydroxylation is 2. The Labute approximate surface area is 115 Å². The first-order valence-electron chi connectivity index (χ1n) is 7.10. The number of carbonyl (C=O) groups excluding carboxylic acids is 1. The van der Waals surface area contributed by atoms with Gasteiger partial charge in [0.2, 0.25) is 5.91 Å². The summed E-state index contributed by atoms with van der Waals surface area (Å²) in [5, 5.41) is 3.13. The molecule has 1 aromatic rings. The molecule has 1 saturated carbocycles. The number of hydrogen-bond acceptors (Lipinski definition) is 2. The highest BCUT2D eigenvalue weighted by molar-refractivity contribution is 5.79. The first-order chi connectivity index (χ1) is 8.97. The van der Waals surface area contributed by atoms with Crippen LogP contribution in [0.3, 0.4) is 0 Å². The van der Waals surface area contributed by atoms with Gasteiger partial charge in [-0.15, -0.1) is 0 Å². The van der Waals surface area contributed by atoms with Crippen molar-refractivity contribution in [3.05, 3.63) is 34.9 Å². The van der Waals surface area contributed by atoms with Crippen molar-refractivity contribution in [2.75, 3.05) is 0 Å². The van der Waals surface area contributed by atoms with Crippen LogP contribution in [0.5, 0.6) is 0 Å². The average Bonchev–Trinajstić information content (AvgIpc) is 2.79. The van der Waals surface area contributed by atoms with Crippen LogP contribution in [0.4, 0.5) is 0 Å². The van der Waals surface area contributed by atoms with Crippen LogP contribution in [0.1, 0.15) is 48.9 Å². The second-order valence-corrected chi connectivity index (χ2v) is 5.86. The topological polar surface area (TPSA) is 55.1 Å². The van der Waals surface area contributed by atoms with Gasteiger partial charge < -0.3 is 11.1 Å². The van der Waals surface area contributed by atoms with Crippen LogP contribution in [0.15, 0.2) is 18.2 Å². The zero-order chi connectivity index (χ0) is 14.0. The normalized spacial score (nSPS) is 24.2.